The van der Waals surface area contributed by atoms with Crippen LogP contribution >= 0.6 is 11.3 Å². The second kappa shape index (κ2) is 15.2. The molecule has 67 heavy (non-hydrogen) atoms. The second-order valence-electron chi connectivity index (χ2n) is 17.8. The number of rotatable bonds is 5. The summed E-state index contributed by atoms with van der Waals surface area (Å²) in [4.78, 5) is 16.2. The Kier molecular flexibility index (Phi) is 8.61. The van der Waals surface area contributed by atoms with Crippen molar-refractivity contribution in [2.75, 3.05) is 0 Å². The van der Waals surface area contributed by atoms with Crippen LogP contribution in [-0.4, -0.2) is 15.0 Å². The quantitative estimate of drug-likeness (QED) is 0.173. The number of thiophene rings is 1. The predicted molar refractivity (Wildman–Crippen MR) is 279 cm³/mol. The zero-order chi connectivity index (χ0) is 44.0. The van der Waals surface area contributed by atoms with Gasteiger partial charge >= 0.3 is 0 Å². The molecule has 0 saturated carbocycles. The van der Waals surface area contributed by atoms with Gasteiger partial charge < -0.3 is 4.42 Å². The lowest BCUT2D eigenvalue weighted by atomic mass is 9.81. The van der Waals surface area contributed by atoms with Crippen molar-refractivity contribution < 1.29 is 4.42 Å². The molecule has 0 amide bonds. The van der Waals surface area contributed by atoms with Crippen molar-refractivity contribution in [3.05, 3.63) is 223 Å². The molecule has 13 aromatic rings. The van der Waals surface area contributed by atoms with Gasteiger partial charge in [0.1, 0.15) is 11.2 Å². The van der Waals surface area contributed by atoms with Crippen LogP contribution < -0.4 is 0 Å². The molecule has 1 atom stereocenters. The van der Waals surface area contributed by atoms with Gasteiger partial charge in [-0.2, -0.15) is 0 Å². The van der Waals surface area contributed by atoms with Crippen LogP contribution in [0.3, 0.4) is 0 Å². The molecule has 4 nitrogen and oxygen atoms in total. The third-order valence-corrected chi connectivity index (χ3v) is 15.1. The summed E-state index contributed by atoms with van der Waals surface area (Å²) >= 11 is 1.81. The molecular formula is C62H39N3OS. The summed E-state index contributed by atoms with van der Waals surface area (Å²) in [5, 5.41) is 9.52. The van der Waals surface area contributed by atoms with E-state index in [9.17, 15) is 0 Å². The molecule has 314 valence electrons. The van der Waals surface area contributed by atoms with Crippen LogP contribution in [0.25, 0.3) is 120 Å². The van der Waals surface area contributed by atoms with Crippen molar-refractivity contribution in [2.45, 2.75) is 18.8 Å². The van der Waals surface area contributed by atoms with E-state index in [1.807, 2.05) is 17.4 Å². The second-order valence-corrected chi connectivity index (χ2v) is 18.9. The SMILES string of the molecule is c1ccc(-c2ccc(-c3nc(-c4ccc5sc6ccccc6c5c4)nc(-c4cc(C5CCc6cc7ccccc7cc6-c6ccc7ccccc7c65)cc5oc6ccccc6c45)n3)cc2)cc1. The monoisotopic (exact) mass is 873 g/mol. The number of fused-ring (bicyclic) bond motifs is 12. The van der Waals surface area contributed by atoms with Crippen LogP contribution in [0.1, 0.15) is 29.0 Å². The van der Waals surface area contributed by atoms with Crippen LogP contribution in [0.5, 0.6) is 0 Å². The highest BCUT2D eigenvalue weighted by atomic mass is 32.1. The first kappa shape index (κ1) is 38.1. The predicted octanol–water partition coefficient (Wildman–Crippen LogP) is 16.9. The maximum absolute atomic E-state index is 6.86. The van der Waals surface area contributed by atoms with E-state index in [1.54, 1.807) is 0 Å². The normalized spacial score (nSPS) is 13.7. The minimum Gasteiger partial charge on any atom is -0.456 e. The Labute approximate surface area is 390 Å². The molecule has 10 aromatic carbocycles. The summed E-state index contributed by atoms with van der Waals surface area (Å²) in [6, 6.07) is 74.4. The molecule has 0 bridgehead atoms. The molecule has 0 spiro atoms. The van der Waals surface area contributed by atoms with E-state index in [4.69, 9.17) is 19.4 Å². The van der Waals surface area contributed by atoms with Gasteiger partial charge in [-0.25, -0.2) is 15.0 Å². The molecule has 0 aliphatic heterocycles. The molecule has 1 aliphatic rings. The average molecular weight is 874 g/mol. The zero-order valence-electron chi connectivity index (χ0n) is 36.3. The van der Waals surface area contributed by atoms with Gasteiger partial charge in [0, 0.05) is 53.6 Å². The van der Waals surface area contributed by atoms with Crippen molar-refractivity contribution in [1.29, 1.82) is 0 Å². The van der Waals surface area contributed by atoms with Crippen LogP contribution in [0.2, 0.25) is 0 Å². The molecule has 0 saturated heterocycles. The number of nitrogens with zero attached hydrogens (tertiary/aromatic N) is 3. The van der Waals surface area contributed by atoms with Crippen molar-refractivity contribution in [3.63, 3.8) is 0 Å². The highest BCUT2D eigenvalue weighted by molar-refractivity contribution is 7.25. The molecule has 3 aromatic heterocycles. The Morgan fingerprint density at radius 3 is 1.90 bits per heavy atom. The molecule has 0 radical (unpaired) electrons. The molecular weight excluding hydrogens is 835 g/mol. The van der Waals surface area contributed by atoms with Crippen LogP contribution in [0, 0.1) is 0 Å². The maximum atomic E-state index is 6.86. The minimum absolute atomic E-state index is 0.0496. The number of benzene rings is 10. The van der Waals surface area contributed by atoms with Crippen LogP contribution in [0.4, 0.5) is 0 Å². The summed E-state index contributed by atoms with van der Waals surface area (Å²) in [7, 11) is 0. The number of hydrogen-bond acceptors (Lipinski definition) is 5. The van der Waals surface area contributed by atoms with E-state index in [1.165, 1.54) is 69.5 Å². The summed E-state index contributed by atoms with van der Waals surface area (Å²) in [6.45, 7) is 0. The minimum atomic E-state index is 0.0496. The summed E-state index contributed by atoms with van der Waals surface area (Å²) in [6.07, 6.45) is 1.85. The largest absolute Gasteiger partial charge is 0.456 e. The van der Waals surface area contributed by atoms with Crippen LogP contribution in [0.15, 0.2) is 211 Å². The Bertz CT molecular complexity index is 4110. The highest BCUT2D eigenvalue weighted by Crippen LogP contribution is 2.48. The molecule has 5 heteroatoms. The molecule has 1 aliphatic carbocycles. The van der Waals surface area contributed by atoms with Gasteiger partial charge in [0.25, 0.3) is 0 Å². The molecule has 0 N–H and O–H groups in total. The molecule has 14 rings (SSSR count). The van der Waals surface area contributed by atoms with Crippen molar-refractivity contribution >= 4 is 75.0 Å². The number of para-hydroxylation sites is 1. The third-order valence-electron chi connectivity index (χ3n) is 13.9. The van der Waals surface area contributed by atoms with E-state index in [0.717, 1.165) is 62.6 Å². The lowest BCUT2D eigenvalue weighted by Crippen LogP contribution is -2.05. The highest BCUT2D eigenvalue weighted by Gasteiger charge is 2.29. The summed E-state index contributed by atoms with van der Waals surface area (Å²) < 4.78 is 9.36. The average Bonchev–Trinajstić information content (AvgIpc) is 3.91. The Hall–Kier alpha value is -8.25. The van der Waals surface area contributed by atoms with Gasteiger partial charge in [0.15, 0.2) is 17.5 Å². The molecule has 3 heterocycles. The number of aromatic nitrogens is 3. The smallest absolute Gasteiger partial charge is 0.164 e. The fourth-order valence-corrected chi connectivity index (χ4v) is 11.8. The van der Waals surface area contributed by atoms with E-state index < -0.39 is 0 Å². The third kappa shape index (κ3) is 6.30. The van der Waals surface area contributed by atoms with Crippen LogP contribution in [-0.2, 0) is 6.42 Å². The fraction of sp³-hybridized carbons (Fsp3) is 0.0484. The number of aryl methyl sites for hydroxylation is 1. The van der Waals surface area contributed by atoms with Gasteiger partial charge in [-0.1, -0.05) is 158 Å². The Morgan fingerprint density at radius 1 is 0.403 bits per heavy atom. The fourth-order valence-electron chi connectivity index (χ4n) is 10.7. The molecule has 0 fully saturated rings. The van der Waals surface area contributed by atoms with Gasteiger partial charge in [-0.05, 0) is 122 Å². The summed E-state index contributed by atoms with van der Waals surface area (Å²) in [5.41, 5.74) is 13.3. The van der Waals surface area contributed by atoms with Gasteiger partial charge in [-0.3, -0.25) is 0 Å². The van der Waals surface area contributed by atoms with Gasteiger partial charge in [-0.15, -0.1) is 11.3 Å². The van der Waals surface area contributed by atoms with Crippen molar-refractivity contribution in [3.8, 4) is 56.4 Å². The van der Waals surface area contributed by atoms with Gasteiger partial charge in [0.05, 0.1) is 0 Å². The Morgan fingerprint density at radius 2 is 1.04 bits per heavy atom. The van der Waals surface area contributed by atoms with E-state index in [0.29, 0.717) is 17.5 Å². The topological polar surface area (TPSA) is 51.8 Å². The lowest BCUT2D eigenvalue weighted by Gasteiger charge is -2.22. The molecule has 1 unspecified atom stereocenters. The Balaban J connectivity index is 1.01. The first-order valence-corrected chi connectivity index (χ1v) is 23.8. The first-order chi connectivity index (χ1) is 33.2. The van der Waals surface area contributed by atoms with Crippen molar-refractivity contribution in [1.82, 2.24) is 15.0 Å². The van der Waals surface area contributed by atoms with E-state index >= 15 is 0 Å². The van der Waals surface area contributed by atoms with Crippen molar-refractivity contribution in [2.24, 2.45) is 0 Å². The lowest BCUT2D eigenvalue weighted by molar-refractivity contribution is 0.665. The van der Waals surface area contributed by atoms with E-state index in [-0.39, 0.29) is 5.92 Å². The zero-order valence-corrected chi connectivity index (χ0v) is 37.1. The number of furan rings is 1. The number of hydrogen-bond donors (Lipinski definition) is 0. The van der Waals surface area contributed by atoms with Gasteiger partial charge in [0.2, 0.25) is 0 Å². The standard InChI is InChI=1S/C62H39N3OS/c1-2-12-37(13-3-1)38-22-24-40(25-23-38)60-63-61(44-28-31-57-52(34-44)48-18-9-11-21-56(48)67-57)65-62(64-60)53-35-45(36-55-59(53)50-19-8-10-20-54(50)66-55)47-29-27-43-32-41-15-4-5-16-42(41)33-51(43)49-30-26-39-14-6-7-17-46(39)58(47)49/h1-26,28,30-36,47H,27,29H2. The first-order valence-electron chi connectivity index (χ1n) is 23.0. The van der Waals surface area contributed by atoms with E-state index in [2.05, 4.69) is 200 Å². The summed E-state index contributed by atoms with van der Waals surface area (Å²) in [5.74, 6) is 1.91. The maximum Gasteiger partial charge on any atom is 0.164 e.